The average Bonchev–Trinajstić information content (AvgIpc) is 2.29. The molecule has 0 radical (unpaired) electrons. The van der Waals surface area contributed by atoms with E-state index in [2.05, 4.69) is 58.6 Å². The number of rotatable bonds is 5. The summed E-state index contributed by atoms with van der Waals surface area (Å²) in [6.07, 6.45) is 6.76. The molecule has 1 N–H and O–H groups in total. The summed E-state index contributed by atoms with van der Waals surface area (Å²) in [5, 5.41) is 3.55. The van der Waals surface area contributed by atoms with Gasteiger partial charge >= 0.3 is 0 Å². The highest BCUT2D eigenvalue weighted by atomic mass is 127. The lowest BCUT2D eigenvalue weighted by molar-refractivity contribution is 0.418. The Kier molecular flexibility index (Phi) is 4.76. The minimum Gasteiger partial charge on any atom is -0.364 e. The van der Waals surface area contributed by atoms with Crippen LogP contribution in [0.15, 0.2) is 12.5 Å². The van der Waals surface area contributed by atoms with Crippen LogP contribution in [0.2, 0.25) is 0 Å². The van der Waals surface area contributed by atoms with E-state index in [9.17, 15) is 0 Å². The molecule has 1 aromatic rings. The van der Waals surface area contributed by atoms with Gasteiger partial charge in [0.25, 0.3) is 0 Å². The Morgan fingerprint density at radius 1 is 1.27 bits per heavy atom. The predicted molar refractivity (Wildman–Crippen MR) is 72.0 cm³/mol. The van der Waals surface area contributed by atoms with E-state index in [1.54, 1.807) is 6.33 Å². The summed E-state index contributed by atoms with van der Waals surface area (Å²) in [5.74, 6) is 0.955. The van der Waals surface area contributed by atoms with Crippen molar-refractivity contribution in [1.82, 2.24) is 9.97 Å². The van der Waals surface area contributed by atoms with Crippen molar-refractivity contribution in [3.63, 3.8) is 0 Å². The first-order valence-corrected chi connectivity index (χ1v) is 6.49. The second-order valence-electron chi connectivity index (χ2n) is 3.69. The van der Waals surface area contributed by atoms with Crippen molar-refractivity contribution in [2.24, 2.45) is 0 Å². The molecule has 0 bridgehead atoms. The summed E-state index contributed by atoms with van der Waals surface area (Å²) in [4.78, 5) is 8.27. The zero-order chi connectivity index (χ0) is 11.3. The van der Waals surface area contributed by atoms with Crippen LogP contribution in [-0.4, -0.2) is 15.5 Å². The lowest BCUT2D eigenvalue weighted by Crippen LogP contribution is -2.36. The fourth-order valence-electron chi connectivity index (χ4n) is 1.67. The van der Waals surface area contributed by atoms with Gasteiger partial charge in [-0.3, -0.25) is 0 Å². The Hall–Kier alpha value is -0.390. The fraction of sp³-hybridized carbons (Fsp3) is 0.636. The van der Waals surface area contributed by atoms with Gasteiger partial charge in [0.2, 0.25) is 0 Å². The molecule has 0 fully saturated rings. The Balaban J connectivity index is 2.88. The summed E-state index contributed by atoms with van der Waals surface area (Å²) in [7, 11) is 0. The Morgan fingerprint density at radius 3 is 2.33 bits per heavy atom. The molecule has 1 rings (SSSR count). The molecule has 0 spiro atoms. The molecule has 15 heavy (non-hydrogen) atoms. The van der Waals surface area contributed by atoms with E-state index in [4.69, 9.17) is 0 Å². The molecule has 0 aliphatic carbocycles. The smallest absolute Gasteiger partial charge is 0.143 e. The zero-order valence-electron chi connectivity index (χ0n) is 9.55. The number of nitrogens with one attached hydrogen (secondary N) is 1. The van der Waals surface area contributed by atoms with E-state index >= 15 is 0 Å². The van der Waals surface area contributed by atoms with Gasteiger partial charge in [-0.05, 0) is 41.9 Å². The highest BCUT2D eigenvalue weighted by molar-refractivity contribution is 14.1. The molecule has 1 heterocycles. The highest BCUT2D eigenvalue weighted by Gasteiger charge is 2.24. The van der Waals surface area contributed by atoms with Gasteiger partial charge in [-0.2, -0.15) is 0 Å². The van der Waals surface area contributed by atoms with E-state index in [0.29, 0.717) is 0 Å². The number of hydrogen-bond donors (Lipinski definition) is 1. The number of anilines is 1. The summed E-state index contributed by atoms with van der Waals surface area (Å²) < 4.78 is 1.08. The van der Waals surface area contributed by atoms with Crippen LogP contribution in [0.25, 0.3) is 0 Å². The lowest BCUT2D eigenvalue weighted by atomic mass is 9.90. The third-order valence-corrected chi connectivity index (χ3v) is 3.87. The van der Waals surface area contributed by atoms with Crippen LogP contribution in [-0.2, 0) is 0 Å². The van der Waals surface area contributed by atoms with Crippen molar-refractivity contribution in [3.05, 3.63) is 16.1 Å². The molecule has 0 unspecified atom stereocenters. The number of nitrogens with zero attached hydrogens (tertiary/aromatic N) is 2. The van der Waals surface area contributed by atoms with Gasteiger partial charge in [-0.15, -0.1) is 0 Å². The molecule has 84 valence electrons. The van der Waals surface area contributed by atoms with Crippen LogP contribution in [0.5, 0.6) is 0 Å². The van der Waals surface area contributed by atoms with Gasteiger partial charge in [0.15, 0.2) is 0 Å². The van der Waals surface area contributed by atoms with Gasteiger partial charge in [0.1, 0.15) is 12.1 Å². The van der Waals surface area contributed by atoms with Crippen LogP contribution < -0.4 is 5.32 Å². The molecule has 0 aliphatic rings. The maximum atomic E-state index is 4.28. The van der Waals surface area contributed by atoms with E-state index in [1.165, 1.54) is 0 Å². The minimum atomic E-state index is 0.175. The Morgan fingerprint density at radius 2 is 1.87 bits per heavy atom. The van der Waals surface area contributed by atoms with Crippen LogP contribution in [0.4, 0.5) is 5.82 Å². The molecular formula is C11H18IN3. The second-order valence-corrected chi connectivity index (χ2v) is 4.85. The number of aromatic nitrogens is 2. The first-order valence-electron chi connectivity index (χ1n) is 5.41. The van der Waals surface area contributed by atoms with Crippen LogP contribution in [0.3, 0.4) is 0 Å². The van der Waals surface area contributed by atoms with Crippen molar-refractivity contribution in [2.45, 2.75) is 45.6 Å². The molecule has 0 aromatic carbocycles. The fourth-order valence-corrected chi connectivity index (χ4v) is 2.11. The minimum absolute atomic E-state index is 0.175. The van der Waals surface area contributed by atoms with Gasteiger partial charge in [0, 0.05) is 11.7 Å². The van der Waals surface area contributed by atoms with Gasteiger partial charge < -0.3 is 5.32 Å². The van der Waals surface area contributed by atoms with Gasteiger partial charge in [0.05, 0.1) is 3.57 Å². The number of halogens is 1. The highest BCUT2D eigenvalue weighted by Crippen LogP contribution is 2.26. The summed E-state index contributed by atoms with van der Waals surface area (Å²) in [5.41, 5.74) is 0.175. The van der Waals surface area contributed by atoms with E-state index in [1.807, 2.05) is 6.20 Å². The van der Waals surface area contributed by atoms with E-state index in [0.717, 1.165) is 28.7 Å². The molecular weight excluding hydrogens is 301 g/mol. The standard InChI is InChI=1S/C11H18IN3/c1-4-11(5-2,6-3)15-10-9(12)7-13-8-14-10/h7-8H,4-6H2,1-3H3,(H,13,14,15). The van der Waals surface area contributed by atoms with E-state index < -0.39 is 0 Å². The Labute approximate surface area is 105 Å². The first kappa shape index (κ1) is 12.7. The number of hydrogen-bond acceptors (Lipinski definition) is 3. The molecule has 1 aromatic heterocycles. The molecule has 0 saturated heterocycles. The molecule has 0 aliphatic heterocycles. The van der Waals surface area contributed by atoms with Crippen molar-refractivity contribution in [1.29, 1.82) is 0 Å². The van der Waals surface area contributed by atoms with Gasteiger partial charge in [-0.25, -0.2) is 9.97 Å². The third-order valence-electron chi connectivity index (χ3n) is 3.08. The largest absolute Gasteiger partial charge is 0.364 e. The Bertz CT molecular complexity index is 302. The lowest BCUT2D eigenvalue weighted by Gasteiger charge is -2.32. The first-order chi connectivity index (χ1) is 7.17. The maximum Gasteiger partial charge on any atom is 0.143 e. The molecule has 0 atom stereocenters. The SMILES string of the molecule is CCC(CC)(CC)Nc1ncncc1I. The summed E-state index contributed by atoms with van der Waals surface area (Å²) in [6.45, 7) is 6.65. The third kappa shape index (κ3) is 3.03. The van der Waals surface area contributed by atoms with E-state index in [-0.39, 0.29) is 5.54 Å². The van der Waals surface area contributed by atoms with Crippen molar-refractivity contribution in [2.75, 3.05) is 5.32 Å². The van der Waals surface area contributed by atoms with Crippen LogP contribution in [0.1, 0.15) is 40.0 Å². The quantitative estimate of drug-likeness (QED) is 0.845. The maximum absolute atomic E-state index is 4.28. The predicted octanol–water partition coefficient (Wildman–Crippen LogP) is 3.46. The summed E-state index contributed by atoms with van der Waals surface area (Å²) in [6, 6.07) is 0. The zero-order valence-corrected chi connectivity index (χ0v) is 11.7. The molecule has 0 amide bonds. The molecule has 4 heteroatoms. The molecule has 0 saturated carbocycles. The van der Waals surface area contributed by atoms with Crippen molar-refractivity contribution >= 4 is 28.4 Å². The topological polar surface area (TPSA) is 37.8 Å². The molecule has 3 nitrogen and oxygen atoms in total. The van der Waals surface area contributed by atoms with Crippen molar-refractivity contribution < 1.29 is 0 Å². The second kappa shape index (κ2) is 5.63. The monoisotopic (exact) mass is 319 g/mol. The van der Waals surface area contributed by atoms with Crippen LogP contribution in [0, 0.1) is 3.57 Å². The van der Waals surface area contributed by atoms with Crippen molar-refractivity contribution in [3.8, 4) is 0 Å². The normalized spacial score (nSPS) is 11.5. The summed E-state index contributed by atoms with van der Waals surface area (Å²) >= 11 is 2.26. The van der Waals surface area contributed by atoms with Crippen LogP contribution >= 0.6 is 22.6 Å². The van der Waals surface area contributed by atoms with Gasteiger partial charge in [-0.1, -0.05) is 20.8 Å². The average molecular weight is 319 g/mol.